The summed E-state index contributed by atoms with van der Waals surface area (Å²) in [4.78, 5) is 0. The minimum Gasteiger partial charge on any atom is -0.315 e. The number of hydrogen-bond donors (Lipinski definition) is 0. The van der Waals surface area contributed by atoms with Crippen molar-refractivity contribution in [1.29, 1.82) is 0 Å². The average molecular weight is 354 g/mol. The Morgan fingerprint density at radius 2 is 1.76 bits per heavy atom. The van der Waals surface area contributed by atoms with Crippen LogP contribution in [0, 0.1) is 3.57 Å². The zero-order valence-corrected chi connectivity index (χ0v) is 11.8. The number of halogens is 2. The van der Waals surface area contributed by atoms with E-state index in [0.29, 0.717) is 0 Å². The quantitative estimate of drug-likeness (QED) is 0.549. The molecular weight excluding hydrogens is 345 g/mol. The molecule has 0 fully saturated rings. The third kappa shape index (κ3) is 1.85. The fourth-order valence-electron chi connectivity index (χ4n) is 1.99. The Balaban J connectivity index is 2.33. The maximum Gasteiger partial charge on any atom is 0.0589 e. The monoisotopic (exact) mass is 353 g/mol. The molecule has 0 N–H and O–H groups in total. The molecule has 0 spiro atoms. The van der Waals surface area contributed by atoms with Crippen molar-refractivity contribution in [2.45, 2.75) is 0 Å². The highest BCUT2D eigenvalue weighted by atomic mass is 127. The SMILES string of the molecule is Clc1cccc2c1ccn2-c1ccccc1I. The van der Waals surface area contributed by atoms with E-state index in [0.717, 1.165) is 15.9 Å². The van der Waals surface area contributed by atoms with E-state index in [1.165, 1.54) is 9.26 Å². The molecule has 0 saturated heterocycles. The van der Waals surface area contributed by atoms with Crippen LogP contribution in [0.5, 0.6) is 0 Å². The molecular formula is C14H9ClIN. The molecule has 0 unspecified atom stereocenters. The van der Waals surface area contributed by atoms with Gasteiger partial charge in [-0.1, -0.05) is 29.8 Å². The highest BCUT2D eigenvalue weighted by molar-refractivity contribution is 14.1. The third-order valence-electron chi connectivity index (χ3n) is 2.79. The molecule has 0 atom stereocenters. The maximum atomic E-state index is 6.18. The Hall–Kier alpha value is -1.000. The summed E-state index contributed by atoms with van der Waals surface area (Å²) in [5.74, 6) is 0. The van der Waals surface area contributed by atoms with Gasteiger partial charge in [0.1, 0.15) is 0 Å². The van der Waals surface area contributed by atoms with E-state index in [2.05, 4.69) is 57.6 Å². The van der Waals surface area contributed by atoms with Gasteiger partial charge < -0.3 is 4.57 Å². The van der Waals surface area contributed by atoms with Crippen LogP contribution in [0.25, 0.3) is 16.6 Å². The first-order chi connectivity index (χ1) is 8.27. The van der Waals surface area contributed by atoms with Crippen molar-refractivity contribution in [2.24, 2.45) is 0 Å². The van der Waals surface area contributed by atoms with Gasteiger partial charge in [-0.3, -0.25) is 0 Å². The van der Waals surface area contributed by atoms with Crippen molar-refractivity contribution < 1.29 is 0 Å². The van der Waals surface area contributed by atoms with Crippen LogP contribution in [0.3, 0.4) is 0 Å². The summed E-state index contributed by atoms with van der Waals surface area (Å²) in [5, 5.41) is 1.89. The lowest BCUT2D eigenvalue weighted by Crippen LogP contribution is -1.94. The minimum atomic E-state index is 0.798. The van der Waals surface area contributed by atoms with Crippen LogP contribution >= 0.6 is 34.2 Å². The van der Waals surface area contributed by atoms with Crippen LogP contribution in [0.4, 0.5) is 0 Å². The first kappa shape index (κ1) is 11.1. The summed E-state index contributed by atoms with van der Waals surface area (Å²) < 4.78 is 3.39. The number of fused-ring (bicyclic) bond motifs is 1. The normalized spacial score (nSPS) is 10.9. The van der Waals surface area contributed by atoms with Crippen LogP contribution in [0.1, 0.15) is 0 Å². The largest absolute Gasteiger partial charge is 0.315 e. The van der Waals surface area contributed by atoms with Gasteiger partial charge in [-0.25, -0.2) is 0 Å². The summed E-state index contributed by atoms with van der Waals surface area (Å²) in [6.45, 7) is 0. The zero-order valence-electron chi connectivity index (χ0n) is 8.90. The van der Waals surface area contributed by atoms with E-state index in [1.54, 1.807) is 0 Å². The number of aromatic nitrogens is 1. The molecule has 0 radical (unpaired) electrons. The summed E-state index contributed by atoms with van der Waals surface area (Å²) in [6, 6.07) is 16.4. The van der Waals surface area contributed by atoms with Crippen LogP contribution in [-0.2, 0) is 0 Å². The minimum absolute atomic E-state index is 0.798. The van der Waals surface area contributed by atoms with Crippen molar-refractivity contribution in [3.8, 4) is 5.69 Å². The van der Waals surface area contributed by atoms with Gasteiger partial charge in [0.15, 0.2) is 0 Å². The Morgan fingerprint density at radius 1 is 0.941 bits per heavy atom. The Kier molecular flexibility index (Phi) is 2.84. The number of benzene rings is 2. The van der Waals surface area contributed by atoms with Gasteiger partial charge >= 0.3 is 0 Å². The number of hydrogen-bond acceptors (Lipinski definition) is 0. The lowest BCUT2D eigenvalue weighted by molar-refractivity contribution is 1.12. The van der Waals surface area contributed by atoms with Gasteiger partial charge in [0, 0.05) is 20.2 Å². The van der Waals surface area contributed by atoms with E-state index in [9.17, 15) is 0 Å². The van der Waals surface area contributed by atoms with Gasteiger partial charge in [0.25, 0.3) is 0 Å². The Bertz CT molecular complexity index is 688. The van der Waals surface area contributed by atoms with E-state index in [4.69, 9.17) is 11.6 Å². The average Bonchev–Trinajstić information content (AvgIpc) is 2.75. The molecule has 2 aromatic carbocycles. The molecule has 3 heteroatoms. The molecule has 0 bridgehead atoms. The first-order valence-corrected chi connectivity index (χ1v) is 6.73. The molecule has 0 aliphatic carbocycles. The van der Waals surface area contributed by atoms with Gasteiger partial charge in [-0.15, -0.1) is 0 Å². The predicted octanol–water partition coefficient (Wildman–Crippen LogP) is 4.89. The fourth-order valence-corrected chi connectivity index (χ4v) is 2.87. The van der Waals surface area contributed by atoms with Crippen LogP contribution in [0.15, 0.2) is 54.7 Å². The van der Waals surface area contributed by atoms with E-state index >= 15 is 0 Å². The second-order valence-electron chi connectivity index (χ2n) is 3.81. The number of para-hydroxylation sites is 1. The second kappa shape index (κ2) is 4.35. The van der Waals surface area contributed by atoms with E-state index in [1.807, 2.05) is 24.3 Å². The van der Waals surface area contributed by atoms with Gasteiger partial charge in [0.05, 0.1) is 11.2 Å². The molecule has 0 aliphatic rings. The van der Waals surface area contributed by atoms with Crippen molar-refractivity contribution in [1.82, 2.24) is 4.57 Å². The van der Waals surface area contributed by atoms with Crippen molar-refractivity contribution in [3.05, 3.63) is 63.3 Å². The highest BCUT2D eigenvalue weighted by Gasteiger charge is 2.07. The third-order valence-corrected chi connectivity index (χ3v) is 4.03. The molecule has 0 aliphatic heterocycles. The maximum absolute atomic E-state index is 6.18. The number of nitrogens with zero attached hydrogens (tertiary/aromatic N) is 1. The van der Waals surface area contributed by atoms with Crippen molar-refractivity contribution in [3.63, 3.8) is 0 Å². The van der Waals surface area contributed by atoms with Crippen LogP contribution in [0.2, 0.25) is 5.02 Å². The smallest absolute Gasteiger partial charge is 0.0589 e. The topological polar surface area (TPSA) is 4.93 Å². The Labute approximate surface area is 118 Å². The second-order valence-corrected chi connectivity index (χ2v) is 5.38. The van der Waals surface area contributed by atoms with E-state index < -0.39 is 0 Å². The van der Waals surface area contributed by atoms with Crippen molar-refractivity contribution >= 4 is 45.1 Å². The predicted molar refractivity (Wildman–Crippen MR) is 81.0 cm³/mol. The lowest BCUT2D eigenvalue weighted by Gasteiger charge is -2.07. The zero-order chi connectivity index (χ0) is 11.8. The summed E-state index contributed by atoms with van der Waals surface area (Å²) in [7, 11) is 0. The highest BCUT2D eigenvalue weighted by Crippen LogP contribution is 2.28. The van der Waals surface area contributed by atoms with E-state index in [-0.39, 0.29) is 0 Å². The Morgan fingerprint density at radius 3 is 2.59 bits per heavy atom. The molecule has 1 heterocycles. The molecule has 0 amide bonds. The molecule has 1 nitrogen and oxygen atoms in total. The standard InChI is InChI=1S/C14H9ClIN/c15-11-4-3-7-13-10(11)8-9-17(13)14-6-2-1-5-12(14)16/h1-9H. The molecule has 84 valence electrons. The molecule has 0 saturated carbocycles. The van der Waals surface area contributed by atoms with Crippen LogP contribution in [-0.4, -0.2) is 4.57 Å². The summed E-state index contributed by atoms with van der Waals surface area (Å²) >= 11 is 8.53. The number of rotatable bonds is 1. The molecule has 1 aromatic heterocycles. The van der Waals surface area contributed by atoms with Gasteiger partial charge in [-0.05, 0) is 52.9 Å². The lowest BCUT2D eigenvalue weighted by atomic mass is 10.2. The van der Waals surface area contributed by atoms with Gasteiger partial charge in [0.2, 0.25) is 0 Å². The molecule has 3 aromatic rings. The summed E-state index contributed by atoms with van der Waals surface area (Å²) in [6.07, 6.45) is 2.06. The molecule has 17 heavy (non-hydrogen) atoms. The van der Waals surface area contributed by atoms with Crippen LogP contribution < -0.4 is 0 Å². The van der Waals surface area contributed by atoms with Gasteiger partial charge in [-0.2, -0.15) is 0 Å². The fraction of sp³-hybridized carbons (Fsp3) is 0. The molecule has 3 rings (SSSR count). The van der Waals surface area contributed by atoms with Crippen molar-refractivity contribution in [2.75, 3.05) is 0 Å². The summed E-state index contributed by atoms with van der Waals surface area (Å²) in [5.41, 5.74) is 2.33. The first-order valence-electron chi connectivity index (χ1n) is 5.28.